The molecule has 1 aromatic heterocycles. The van der Waals surface area contributed by atoms with Crippen molar-refractivity contribution in [3.63, 3.8) is 0 Å². The largest absolute Gasteiger partial charge is 0.481 e. The van der Waals surface area contributed by atoms with Crippen LogP contribution < -0.4 is 15.4 Å². The minimum Gasteiger partial charge on any atom is -0.481 e. The van der Waals surface area contributed by atoms with Gasteiger partial charge in [0, 0.05) is 28.4 Å². The molecule has 2 aromatic rings. The summed E-state index contributed by atoms with van der Waals surface area (Å²) in [6.07, 6.45) is 1.94. The van der Waals surface area contributed by atoms with Crippen molar-refractivity contribution in [3.8, 4) is 5.88 Å². The molecule has 0 radical (unpaired) electrons. The molecule has 24 heavy (non-hydrogen) atoms. The quantitative estimate of drug-likeness (QED) is 0.642. The van der Waals surface area contributed by atoms with Gasteiger partial charge < -0.3 is 15.4 Å². The minimum absolute atomic E-state index is 0.160. The molecule has 126 valence electrons. The topological polar surface area (TPSA) is 80.3 Å². The molecule has 0 atom stereocenters. The van der Waals surface area contributed by atoms with Crippen LogP contribution in [0.15, 0.2) is 41.3 Å². The Labute approximate surface area is 145 Å². The van der Waals surface area contributed by atoms with E-state index in [9.17, 15) is 9.59 Å². The molecule has 0 saturated heterocycles. The molecule has 2 amide bonds. The Hall–Kier alpha value is -2.54. The van der Waals surface area contributed by atoms with Crippen LogP contribution >= 0.6 is 11.8 Å². The number of ether oxygens (including phenoxy) is 1. The maximum atomic E-state index is 12.0. The molecule has 2 N–H and O–H groups in total. The Morgan fingerprint density at radius 1 is 1.21 bits per heavy atom. The lowest BCUT2D eigenvalue weighted by atomic mass is 10.2. The molecule has 0 aliphatic carbocycles. The van der Waals surface area contributed by atoms with Gasteiger partial charge in [-0.3, -0.25) is 9.59 Å². The van der Waals surface area contributed by atoms with Crippen molar-refractivity contribution in [2.24, 2.45) is 0 Å². The van der Waals surface area contributed by atoms with E-state index in [0.29, 0.717) is 17.1 Å². The summed E-state index contributed by atoms with van der Waals surface area (Å²) in [6, 6.07) is 10.9. The number of nitrogens with one attached hydrogen (secondary N) is 2. The van der Waals surface area contributed by atoms with Crippen LogP contribution in [0.25, 0.3) is 0 Å². The van der Waals surface area contributed by atoms with Crippen LogP contribution in [-0.4, -0.2) is 30.2 Å². The lowest BCUT2D eigenvalue weighted by molar-refractivity contribution is -0.136. The standard InChI is InChI=1S/C17H19N3O3S/c1-11-7-8-12(17(19-11)23-2)10-18-15(21)16(22)20-13-5-4-6-14(9-13)24-3/h4-9H,10H2,1-3H3,(H,18,21)(H,20,22). The van der Waals surface area contributed by atoms with Gasteiger partial charge in [0.2, 0.25) is 5.88 Å². The van der Waals surface area contributed by atoms with Crippen molar-refractivity contribution >= 4 is 29.3 Å². The monoisotopic (exact) mass is 345 g/mol. The minimum atomic E-state index is -0.716. The average Bonchev–Trinajstić information content (AvgIpc) is 2.60. The number of amides is 2. The Kier molecular flexibility index (Phi) is 6.20. The predicted molar refractivity (Wildman–Crippen MR) is 94.2 cm³/mol. The summed E-state index contributed by atoms with van der Waals surface area (Å²) in [4.78, 5) is 29.1. The summed E-state index contributed by atoms with van der Waals surface area (Å²) >= 11 is 1.56. The van der Waals surface area contributed by atoms with E-state index in [4.69, 9.17) is 4.74 Å². The van der Waals surface area contributed by atoms with Crippen molar-refractivity contribution in [1.29, 1.82) is 0 Å². The van der Waals surface area contributed by atoms with Crippen LogP contribution in [0.2, 0.25) is 0 Å². The van der Waals surface area contributed by atoms with Crippen molar-refractivity contribution in [1.82, 2.24) is 10.3 Å². The number of rotatable bonds is 5. The number of thioether (sulfide) groups is 1. The van der Waals surface area contributed by atoms with Gasteiger partial charge in [-0.25, -0.2) is 4.98 Å². The normalized spacial score (nSPS) is 10.1. The number of pyridine rings is 1. The van der Waals surface area contributed by atoms with Gasteiger partial charge in [-0.15, -0.1) is 11.8 Å². The molecule has 0 aliphatic rings. The number of aromatic nitrogens is 1. The van der Waals surface area contributed by atoms with Gasteiger partial charge in [0.1, 0.15) is 0 Å². The summed E-state index contributed by atoms with van der Waals surface area (Å²) < 4.78 is 5.17. The first-order chi connectivity index (χ1) is 11.5. The average molecular weight is 345 g/mol. The van der Waals surface area contributed by atoms with Gasteiger partial charge in [-0.2, -0.15) is 0 Å². The number of methoxy groups -OCH3 is 1. The lowest BCUT2D eigenvalue weighted by Gasteiger charge is -2.10. The number of anilines is 1. The van der Waals surface area contributed by atoms with Gasteiger partial charge >= 0.3 is 11.8 Å². The second-order valence-corrected chi connectivity index (χ2v) is 5.87. The number of benzene rings is 1. The van der Waals surface area contributed by atoms with E-state index in [1.165, 1.54) is 7.11 Å². The summed E-state index contributed by atoms with van der Waals surface area (Å²) in [5.74, 6) is -0.997. The highest BCUT2D eigenvalue weighted by Crippen LogP contribution is 2.19. The molecule has 2 rings (SSSR count). The lowest BCUT2D eigenvalue weighted by Crippen LogP contribution is -2.35. The van der Waals surface area contributed by atoms with Crippen molar-refractivity contribution < 1.29 is 14.3 Å². The summed E-state index contributed by atoms with van der Waals surface area (Å²) in [7, 11) is 1.51. The molecule has 1 aromatic carbocycles. The highest BCUT2D eigenvalue weighted by molar-refractivity contribution is 7.98. The van der Waals surface area contributed by atoms with E-state index in [-0.39, 0.29) is 6.54 Å². The van der Waals surface area contributed by atoms with Crippen molar-refractivity contribution in [2.75, 3.05) is 18.7 Å². The van der Waals surface area contributed by atoms with E-state index in [1.54, 1.807) is 23.9 Å². The number of hydrogen-bond acceptors (Lipinski definition) is 5. The molecule has 0 unspecified atom stereocenters. The molecule has 7 heteroatoms. The van der Waals surface area contributed by atoms with E-state index in [0.717, 1.165) is 10.6 Å². The second kappa shape index (κ2) is 8.35. The van der Waals surface area contributed by atoms with E-state index < -0.39 is 11.8 Å². The van der Waals surface area contributed by atoms with Crippen LogP contribution in [0, 0.1) is 6.92 Å². The van der Waals surface area contributed by atoms with E-state index in [1.807, 2.05) is 37.4 Å². The molecular weight excluding hydrogens is 326 g/mol. The number of carbonyl (C=O) groups is 2. The first-order valence-electron chi connectivity index (χ1n) is 7.27. The van der Waals surface area contributed by atoms with E-state index in [2.05, 4.69) is 15.6 Å². The zero-order chi connectivity index (χ0) is 17.5. The maximum Gasteiger partial charge on any atom is 0.313 e. The molecule has 6 nitrogen and oxygen atoms in total. The Bertz CT molecular complexity index is 750. The fourth-order valence-electron chi connectivity index (χ4n) is 2.02. The van der Waals surface area contributed by atoms with Crippen LogP contribution in [0.5, 0.6) is 5.88 Å². The van der Waals surface area contributed by atoms with Crippen molar-refractivity contribution in [2.45, 2.75) is 18.4 Å². The molecule has 0 fully saturated rings. The van der Waals surface area contributed by atoms with Gasteiger partial charge in [0.15, 0.2) is 0 Å². The van der Waals surface area contributed by atoms with Crippen LogP contribution in [-0.2, 0) is 16.1 Å². The molecule has 0 spiro atoms. The number of hydrogen-bond donors (Lipinski definition) is 2. The van der Waals surface area contributed by atoms with Crippen molar-refractivity contribution in [3.05, 3.63) is 47.7 Å². The summed E-state index contributed by atoms with van der Waals surface area (Å²) in [5.41, 5.74) is 2.10. The predicted octanol–water partition coefficient (Wildman–Crippen LogP) is 2.38. The number of carbonyl (C=O) groups excluding carboxylic acids is 2. The third-order valence-corrected chi connectivity index (χ3v) is 3.97. The van der Waals surface area contributed by atoms with Crippen LogP contribution in [0.3, 0.4) is 0 Å². The van der Waals surface area contributed by atoms with Gasteiger partial charge in [-0.1, -0.05) is 12.1 Å². The number of nitrogens with zero attached hydrogens (tertiary/aromatic N) is 1. The van der Waals surface area contributed by atoms with Crippen LogP contribution in [0.4, 0.5) is 5.69 Å². The smallest absolute Gasteiger partial charge is 0.313 e. The second-order valence-electron chi connectivity index (χ2n) is 4.99. The van der Waals surface area contributed by atoms with Gasteiger partial charge in [-0.05, 0) is 37.4 Å². The fraction of sp³-hybridized carbons (Fsp3) is 0.235. The Morgan fingerprint density at radius 2 is 2.00 bits per heavy atom. The highest BCUT2D eigenvalue weighted by atomic mass is 32.2. The third kappa shape index (κ3) is 4.73. The summed E-state index contributed by atoms with van der Waals surface area (Å²) in [5, 5.41) is 5.14. The zero-order valence-electron chi connectivity index (χ0n) is 13.8. The molecule has 0 bridgehead atoms. The van der Waals surface area contributed by atoms with E-state index >= 15 is 0 Å². The first kappa shape index (κ1) is 17.8. The van der Waals surface area contributed by atoms with Gasteiger partial charge in [0.25, 0.3) is 0 Å². The SMILES string of the molecule is COc1nc(C)ccc1CNC(=O)C(=O)Nc1cccc(SC)c1. The Balaban J connectivity index is 1.95. The fourth-order valence-corrected chi connectivity index (χ4v) is 2.48. The Morgan fingerprint density at radius 3 is 2.71 bits per heavy atom. The molecule has 0 aliphatic heterocycles. The molecular formula is C17H19N3O3S. The van der Waals surface area contributed by atoms with Gasteiger partial charge in [0.05, 0.1) is 7.11 Å². The highest BCUT2D eigenvalue weighted by Gasteiger charge is 2.15. The maximum absolute atomic E-state index is 12.0. The number of aryl methyl sites for hydroxylation is 1. The summed E-state index contributed by atoms with van der Waals surface area (Å²) in [6.45, 7) is 2.01. The first-order valence-corrected chi connectivity index (χ1v) is 8.49. The molecule has 0 saturated carbocycles. The molecule has 1 heterocycles. The zero-order valence-corrected chi connectivity index (χ0v) is 14.6. The van der Waals surface area contributed by atoms with Crippen LogP contribution in [0.1, 0.15) is 11.3 Å². The third-order valence-electron chi connectivity index (χ3n) is 3.24.